The Labute approximate surface area is 114 Å². The molecular weight excluding hydrogens is 294 g/mol. The fraction of sp³-hybridized carbons (Fsp3) is 0.385. The molecule has 1 N–H and O–H groups in total. The van der Waals surface area contributed by atoms with Gasteiger partial charge in [-0.3, -0.25) is 0 Å². The van der Waals surface area contributed by atoms with Gasteiger partial charge in [0.25, 0.3) is 0 Å². The molecule has 1 aliphatic rings. The van der Waals surface area contributed by atoms with Crippen molar-refractivity contribution in [2.45, 2.75) is 25.3 Å². The first-order valence-corrected chi connectivity index (χ1v) is 6.89. The van der Waals surface area contributed by atoms with Crippen LogP contribution in [0.2, 0.25) is 0 Å². The molecule has 4 nitrogen and oxygen atoms in total. The van der Waals surface area contributed by atoms with Gasteiger partial charge in [-0.2, -0.15) is 4.98 Å². The van der Waals surface area contributed by atoms with Gasteiger partial charge in [0.15, 0.2) is 6.33 Å². The molecule has 1 atom stereocenters. The number of hydrogen-bond donors (Lipinski definition) is 1. The normalized spacial score (nSPS) is 17.9. The second-order valence-corrected chi connectivity index (χ2v) is 5.39. The minimum atomic E-state index is 0.455. The van der Waals surface area contributed by atoms with Crippen LogP contribution in [0.3, 0.4) is 0 Å². The highest BCUT2D eigenvalue weighted by Gasteiger charge is 2.21. The van der Waals surface area contributed by atoms with Crippen LogP contribution in [0.15, 0.2) is 33.5 Å². The molecule has 18 heavy (non-hydrogen) atoms. The van der Waals surface area contributed by atoms with Gasteiger partial charge in [-0.05, 0) is 36.1 Å². The summed E-state index contributed by atoms with van der Waals surface area (Å²) in [6, 6.07) is 6.99. The van der Waals surface area contributed by atoms with Crippen LogP contribution in [-0.2, 0) is 12.8 Å². The van der Waals surface area contributed by atoms with Crippen LogP contribution in [0, 0.1) is 0 Å². The Bertz CT molecular complexity index is 527. The number of nitrogens with zero attached hydrogens (tertiary/aromatic N) is 2. The van der Waals surface area contributed by atoms with Crippen LogP contribution in [0.4, 0.5) is 0 Å². The van der Waals surface area contributed by atoms with Crippen molar-refractivity contribution >= 4 is 15.9 Å². The molecule has 1 heterocycles. The van der Waals surface area contributed by atoms with Gasteiger partial charge < -0.3 is 9.84 Å². The molecule has 0 aliphatic heterocycles. The third kappa shape index (κ3) is 2.47. The molecule has 0 spiro atoms. The van der Waals surface area contributed by atoms with E-state index in [1.807, 2.05) is 0 Å². The summed E-state index contributed by atoms with van der Waals surface area (Å²) in [5.41, 5.74) is 2.86. The van der Waals surface area contributed by atoms with Gasteiger partial charge in [-0.25, -0.2) is 0 Å². The highest BCUT2D eigenvalue weighted by Crippen LogP contribution is 2.32. The molecule has 0 saturated heterocycles. The highest BCUT2D eigenvalue weighted by atomic mass is 79.9. The van der Waals surface area contributed by atoms with Gasteiger partial charge in [-0.15, -0.1) is 0 Å². The zero-order chi connectivity index (χ0) is 12.4. The van der Waals surface area contributed by atoms with Crippen LogP contribution in [0.5, 0.6) is 0 Å². The summed E-state index contributed by atoms with van der Waals surface area (Å²) in [6.45, 7) is 0.863. The number of nitrogens with one attached hydrogen (secondary N) is 1. The molecule has 0 bridgehead atoms. The standard InChI is InChI=1S/C13H14BrN3O/c14-10-2-3-11-9(7-10)1-4-12(11)15-6-5-13-16-8-17-18-13/h2-3,7-8,12,15H,1,4-6H2. The Balaban J connectivity index is 1.59. The third-order valence-electron chi connectivity index (χ3n) is 3.32. The molecule has 0 amide bonds. The SMILES string of the molecule is Brc1ccc2c(c1)CCC2NCCc1ncno1. The van der Waals surface area contributed by atoms with Crippen LogP contribution in [0.1, 0.15) is 29.5 Å². The number of rotatable bonds is 4. The van der Waals surface area contributed by atoms with Gasteiger partial charge >= 0.3 is 0 Å². The monoisotopic (exact) mass is 307 g/mol. The zero-order valence-electron chi connectivity index (χ0n) is 9.90. The van der Waals surface area contributed by atoms with E-state index in [4.69, 9.17) is 4.52 Å². The number of benzene rings is 1. The van der Waals surface area contributed by atoms with Gasteiger partial charge in [-0.1, -0.05) is 27.2 Å². The number of fused-ring (bicyclic) bond motifs is 1. The van der Waals surface area contributed by atoms with E-state index >= 15 is 0 Å². The average molecular weight is 308 g/mol. The summed E-state index contributed by atoms with van der Waals surface area (Å²) in [5, 5.41) is 7.15. The lowest BCUT2D eigenvalue weighted by Crippen LogP contribution is -2.21. The molecule has 1 aliphatic carbocycles. The molecule has 0 radical (unpaired) electrons. The zero-order valence-corrected chi connectivity index (χ0v) is 11.5. The van der Waals surface area contributed by atoms with Crippen molar-refractivity contribution < 1.29 is 4.52 Å². The van der Waals surface area contributed by atoms with E-state index in [0.717, 1.165) is 30.3 Å². The third-order valence-corrected chi connectivity index (χ3v) is 3.81. The minimum Gasteiger partial charge on any atom is -0.340 e. The van der Waals surface area contributed by atoms with Crippen molar-refractivity contribution in [1.82, 2.24) is 15.5 Å². The lowest BCUT2D eigenvalue weighted by molar-refractivity contribution is 0.371. The summed E-state index contributed by atoms with van der Waals surface area (Å²) in [7, 11) is 0. The predicted molar refractivity (Wildman–Crippen MR) is 71.2 cm³/mol. The van der Waals surface area contributed by atoms with Gasteiger partial charge in [0.05, 0.1) is 0 Å². The van der Waals surface area contributed by atoms with E-state index in [1.165, 1.54) is 17.5 Å². The molecular formula is C13H14BrN3O. The van der Waals surface area contributed by atoms with E-state index in [0.29, 0.717) is 11.9 Å². The van der Waals surface area contributed by atoms with Crippen LogP contribution >= 0.6 is 15.9 Å². The van der Waals surface area contributed by atoms with Crippen molar-refractivity contribution in [1.29, 1.82) is 0 Å². The molecule has 0 saturated carbocycles. The summed E-state index contributed by atoms with van der Waals surface area (Å²) in [6.07, 6.45) is 4.53. The molecule has 1 aromatic heterocycles. The number of halogens is 1. The second kappa shape index (κ2) is 5.20. The quantitative estimate of drug-likeness (QED) is 0.943. The second-order valence-electron chi connectivity index (χ2n) is 4.47. The minimum absolute atomic E-state index is 0.455. The maximum atomic E-state index is 4.98. The Kier molecular flexibility index (Phi) is 3.43. The van der Waals surface area contributed by atoms with Crippen molar-refractivity contribution in [2.75, 3.05) is 6.54 Å². The van der Waals surface area contributed by atoms with E-state index in [9.17, 15) is 0 Å². The maximum absolute atomic E-state index is 4.98. The smallest absolute Gasteiger partial charge is 0.227 e. The van der Waals surface area contributed by atoms with Crippen molar-refractivity contribution in [3.63, 3.8) is 0 Å². The Morgan fingerprint density at radius 3 is 3.22 bits per heavy atom. The Hall–Kier alpha value is -1.20. The van der Waals surface area contributed by atoms with Gasteiger partial charge in [0.2, 0.25) is 5.89 Å². The number of hydrogen-bond acceptors (Lipinski definition) is 4. The van der Waals surface area contributed by atoms with E-state index in [2.05, 4.69) is 49.6 Å². The highest BCUT2D eigenvalue weighted by molar-refractivity contribution is 9.10. The maximum Gasteiger partial charge on any atom is 0.227 e. The average Bonchev–Trinajstić information content (AvgIpc) is 2.99. The van der Waals surface area contributed by atoms with E-state index < -0.39 is 0 Å². The van der Waals surface area contributed by atoms with Crippen molar-refractivity contribution in [3.8, 4) is 0 Å². The molecule has 2 aromatic rings. The molecule has 5 heteroatoms. The summed E-state index contributed by atoms with van der Waals surface area (Å²) in [5.74, 6) is 0.691. The molecule has 0 fully saturated rings. The first-order chi connectivity index (χ1) is 8.83. The van der Waals surface area contributed by atoms with Crippen LogP contribution in [0.25, 0.3) is 0 Å². The summed E-state index contributed by atoms with van der Waals surface area (Å²) >= 11 is 3.52. The van der Waals surface area contributed by atoms with Crippen molar-refractivity contribution in [2.24, 2.45) is 0 Å². The van der Waals surface area contributed by atoms with Crippen molar-refractivity contribution in [3.05, 3.63) is 46.0 Å². The molecule has 1 aromatic carbocycles. The first-order valence-electron chi connectivity index (χ1n) is 6.10. The van der Waals surface area contributed by atoms with Gasteiger partial charge in [0.1, 0.15) is 0 Å². The van der Waals surface area contributed by atoms with E-state index in [-0.39, 0.29) is 0 Å². The number of aromatic nitrogens is 2. The molecule has 3 rings (SSSR count). The topological polar surface area (TPSA) is 51.0 Å². The summed E-state index contributed by atoms with van der Waals surface area (Å²) in [4.78, 5) is 4.01. The van der Waals surface area contributed by atoms with Crippen LogP contribution < -0.4 is 5.32 Å². The molecule has 1 unspecified atom stereocenters. The Morgan fingerprint density at radius 2 is 2.39 bits per heavy atom. The lowest BCUT2D eigenvalue weighted by atomic mass is 10.1. The molecule has 94 valence electrons. The van der Waals surface area contributed by atoms with E-state index in [1.54, 1.807) is 0 Å². The summed E-state index contributed by atoms with van der Waals surface area (Å²) < 4.78 is 6.14. The lowest BCUT2D eigenvalue weighted by Gasteiger charge is -2.13. The predicted octanol–water partition coefficient (Wildman–Crippen LogP) is 2.65. The largest absolute Gasteiger partial charge is 0.340 e. The van der Waals surface area contributed by atoms with Gasteiger partial charge in [0, 0.05) is 23.5 Å². The fourth-order valence-electron chi connectivity index (χ4n) is 2.46. The number of aryl methyl sites for hydroxylation is 1. The first kappa shape index (κ1) is 11.9. The Morgan fingerprint density at radius 1 is 1.44 bits per heavy atom. The van der Waals surface area contributed by atoms with Crippen LogP contribution in [-0.4, -0.2) is 16.7 Å². The fourth-order valence-corrected chi connectivity index (χ4v) is 2.87.